The van der Waals surface area contributed by atoms with Crippen LogP contribution in [-0.2, 0) is 12.1 Å². The second-order valence-electron chi connectivity index (χ2n) is 7.35. The maximum Gasteiger partial charge on any atom is 0.417 e. The van der Waals surface area contributed by atoms with Crippen molar-refractivity contribution in [1.82, 2.24) is 0 Å². The predicted octanol–water partition coefficient (Wildman–Crippen LogP) is 7.43. The monoisotopic (exact) mass is 553 g/mol. The molecule has 3 aromatic carbocycles. The minimum Gasteiger partial charge on any atom is -0.404 e. The number of hydrogen-bond donors (Lipinski definition) is 2. The van der Waals surface area contributed by atoms with E-state index in [0.717, 1.165) is 30.1 Å². The fourth-order valence-corrected chi connectivity index (χ4v) is 3.65. The molecule has 0 fully saturated rings. The van der Waals surface area contributed by atoms with E-state index in [2.05, 4.69) is 10.3 Å². The van der Waals surface area contributed by atoms with Crippen LogP contribution in [0.2, 0.25) is 10.0 Å². The average molecular weight is 555 g/mol. The second kappa shape index (κ2) is 11.6. The van der Waals surface area contributed by atoms with E-state index in [1.165, 1.54) is 24.3 Å². The van der Waals surface area contributed by atoms with E-state index in [9.17, 15) is 22.8 Å². The van der Waals surface area contributed by atoms with Gasteiger partial charge in [-0.3, -0.25) is 14.6 Å². The van der Waals surface area contributed by atoms with Crippen molar-refractivity contribution >= 4 is 64.1 Å². The Morgan fingerprint density at radius 1 is 1.03 bits per heavy atom. The third kappa shape index (κ3) is 6.66. The highest BCUT2D eigenvalue weighted by Crippen LogP contribution is 2.36. The highest BCUT2D eigenvalue weighted by Gasteiger charge is 2.33. The van der Waals surface area contributed by atoms with Gasteiger partial charge in [-0.15, -0.1) is 11.6 Å². The SMILES string of the molecule is N/C=C(\C=Nc1ccc(Cl)c(C(F)(F)F)c1)C(=O)c1cc(Cl)ccc1NC(=O)c1cccc(CCl)c1. The number of Topliss-reactive ketones (excluding diaryl/α,β-unsaturated/α-hetero) is 1. The third-order valence-corrected chi connectivity index (χ3v) is 5.74. The molecule has 0 spiro atoms. The number of nitrogens with one attached hydrogen (secondary N) is 1. The molecule has 0 aromatic heterocycles. The first-order chi connectivity index (χ1) is 17.0. The molecular formula is C25H17Cl3F3N3O2. The third-order valence-electron chi connectivity index (χ3n) is 4.87. The van der Waals surface area contributed by atoms with Crippen LogP contribution in [0.15, 0.2) is 77.4 Å². The topological polar surface area (TPSA) is 84.5 Å². The average Bonchev–Trinajstić information content (AvgIpc) is 2.85. The van der Waals surface area contributed by atoms with Crippen LogP contribution in [-0.4, -0.2) is 17.9 Å². The number of carbonyl (C=O) groups is 2. The van der Waals surface area contributed by atoms with Crippen molar-refractivity contribution in [3.63, 3.8) is 0 Å². The molecule has 1 amide bonds. The second-order valence-corrected chi connectivity index (χ2v) is 8.46. The minimum absolute atomic E-state index is 0.000385. The molecule has 36 heavy (non-hydrogen) atoms. The summed E-state index contributed by atoms with van der Waals surface area (Å²) in [6, 6.07) is 13.9. The lowest BCUT2D eigenvalue weighted by atomic mass is 10.0. The number of anilines is 1. The molecule has 0 atom stereocenters. The molecule has 3 N–H and O–H groups in total. The molecule has 0 aliphatic carbocycles. The van der Waals surface area contributed by atoms with Crippen LogP contribution in [0, 0.1) is 0 Å². The van der Waals surface area contributed by atoms with Gasteiger partial charge in [-0.1, -0.05) is 35.3 Å². The summed E-state index contributed by atoms with van der Waals surface area (Å²) in [6.07, 6.45) is -2.72. The van der Waals surface area contributed by atoms with Gasteiger partial charge in [0.25, 0.3) is 5.91 Å². The van der Waals surface area contributed by atoms with Crippen LogP contribution in [0.4, 0.5) is 24.5 Å². The number of halogens is 6. The van der Waals surface area contributed by atoms with Crippen LogP contribution in [0.5, 0.6) is 0 Å². The Bertz CT molecular complexity index is 1370. The van der Waals surface area contributed by atoms with Gasteiger partial charge in [-0.05, 0) is 54.1 Å². The van der Waals surface area contributed by atoms with Crippen molar-refractivity contribution in [3.8, 4) is 0 Å². The molecule has 0 saturated heterocycles. The van der Waals surface area contributed by atoms with Gasteiger partial charge in [0.2, 0.25) is 0 Å². The molecular weight excluding hydrogens is 538 g/mol. The van der Waals surface area contributed by atoms with Crippen LogP contribution in [0.3, 0.4) is 0 Å². The molecule has 11 heteroatoms. The molecule has 0 aliphatic heterocycles. The number of nitrogens with zero attached hydrogens (tertiary/aromatic N) is 1. The molecule has 0 bridgehead atoms. The minimum atomic E-state index is -4.68. The zero-order valence-electron chi connectivity index (χ0n) is 18.2. The molecule has 0 aliphatic rings. The van der Waals surface area contributed by atoms with Crippen molar-refractivity contribution < 1.29 is 22.8 Å². The number of carbonyl (C=O) groups excluding carboxylic acids is 2. The quantitative estimate of drug-likeness (QED) is 0.138. The first-order valence-electron chi connectivity index (χ1n) is 10.2. The number of rotatable bonds is 7. The van der Waals surface area contributed by atoms with E-state index in [1.807, 2.05) is 0 Å². The van der Waals surface area contributed by atoms with Crippen molar-refractivity contribution in [2.45, 2.75) is 12.1 Å². The lowest BCUT2D eigenvalue weighted by molar-refractivity contribution is -0.137. The van der Waals surface area contributed by atoms with Crippen LogP contribution < -0.4 is 11.1 Å². The van der Waals surface area contributed by atoms with E-state index >= 15 is 0 Å². The smallest absolute Gasteiger partial charge is 0.404 e. The largest absolute Gasteiger partial charge is 0.417 e. The van der Waals surface area contributed by atoms with Crippen molar-refractivity contribution in [1.29, 1.82) is 0 Å². The molecule has 3 rings (SSSR count). The predicted molar refractivity (Wildman–Crippen MR) is 137 cm³/mol. The zero-order chi connectivity index (χ0) is 26.5. The van der Waals surface area contributed by atoms with Crippen LogP contribution >= 0.6 is 34.8 Å². The molecule has 5 nitrogen and oxygen atoms in total. The number of hydrogen-bond acceptors (Lipinski definition) is 4. The van der Waals surface area contributed by atoms with Crippen molar-refractivity contribution in [2.24, 2.45) is 10.7 Å². The van der Waals surface area contributed by atoms with Gasteiger partial charge in [0, 0.05) is 34.4 Å². The maximum absolute atomic E-state index is 13.2. The molecule has 3 aromatic rings. The number of amides is 1. The first-order valence-corrected chi connectivity index (χ1v) is 11.5. The number of allylic oxidation sites excluding steroid dienone is 1. The molecule has 0 heterocycles. The Labute approximate surface area is 219 Å². The van der Waals surface area contributed by atoms with Crippen molar-refractivity contribution in [3.05, 3.63) is 105 Å². The molecule has 0 unspecified atom stereocenters. The van der Waals surface area contributed by atoms with E-state index in [1.54, 1.807) is 24.3 Å². The fraction of sp³-hybridized carbons (Fsp3) is 0.0800. The Hall–Kier alpha value is -3.33. The van der Waals surface area contributed by atoms with Gasteiger partial charge >= 0.3 is 6.18 Å². The standard InChI is InChI=1S/C25H17Cl3F3N3O2/c26-11-14-2-1-3-15(8-14)24(36)34-22-7-4-17(27)9-19(22)23(35)16(12-32)13-33-18-5-6-21(28)20(10-18)25(29,30)31/h1-10,12-13H,11,32H2,(H,34,36)/b16-12+,33-13?. The van der Waals surface area contributed by atoms with Crippen LogP contribution in [0.25, 0.3) is 0 Å². The summed E-state index contributed by atoms with van der Waals surface area (Å²) in [6.45, 7) is 0. The summed E-state index contributed by atoms with van der Waals surface area (Å²) < 4.78 is 39.4. The number of benzene rings is 3. The number of ketones is 1. The maximum atomic E-state index is 13.2. The van der Waals surface area contributed by atoms with Gasteiger partial charge in [0.05, 0.1) is 27.5 Å². The van der Waals surface area contributed by atoms with Gasteiger partial charge in [0.15, 0.2) is 5.78 Å². The lowest BCUT2D eigenvalue weighted by Crippen LogP contribution is -2.16. The van der Waals surface area contributed by atoms with Gasteiger partial charge in [-0.2, -0.15) is 13.2 Å². The van der Waals surface area contributed by atoms with Crippen molar-refractivity contribution in [2.75, 3.05) is 5.32 Å². The summed E-state index contributed by atoms with van der Waals surface area (Å²) in [7, 11) is 0. The highest BCUT2D eigenvalue weighted by molar-refractivity contribution is 6.32. The Morgan fingerprint density at radius 2 is 1.78 bits per heavy atom. The number of aliphatic imine (C=N–C) groups is 1. The zero-order valence-corrected chi connectivity index (χ0v) is 20.5. The Balaban J connectivity index is 1.90. The molecule has 0 radical (unpaired) electrons. The Kier molecular flexibility index (Phi) is 8.79. The number of alkyl halides is 4. The summed E-state index contributed by atoms with van der Waals surface area (Å²) in [5.41, 5.74) is 5.48. The van der Waals surface area contributed by atoms with Gasteiger partial charge in [0.1, 0.15) is 0 Å². The number of nitrogens with two attached hydrogens (primary N) is 1. The van der Waals surface area contributed by atoms with Gasteiger partial charge < -0.3 is 11.1 Å². The molecule has 186 valence electrons. The first kappa shape index (κ1) is 27.3. The van der Waals surface area contributed by atoms with E-state index in [4.69, 9.17) is 40.5 Å². The summed E-state index contributed by atoms with van der Waals surface area (Å²) >= 11 is 17.5. The van der Waals surface area contributed by atoms with E-state index < -0.39 is 28.5 Å². The molecule has 0 saturated carbocycles. The Morgan fingerprint density at radius 3 is 2.44 bits per heavy atom. The van der Waals surface area contributed by atoms with E-state index in [-0.39, 0.29) is 33.4 Å². The summed E-state index contributed by atoms with van der Waals surface area (Å²) in [4.78, 5) is 29.9. The fourth-order valence-electron chi connectivity index (χ4n) is 3.09. The summed E-state index contributed by atoms with van der Waals surface area (Å²) in [5.74, 6) is -0.946. The normalized spacial score (nSPS) is 12.1. The van der Waals surface area contributed by atoms with Gasteiger partial charge in [-0.25, -0.2) is 0 Å². The van der Waals surface area contributed by atoms with E-state index in [0.29, 0.717) is 5.56 Å². The van der Waals surface area contributed by atoms with Crippen LogP contribution in [0.1, 0.15) is 31.8 Å². The highest BCUT2D eigenvalue weighted by atomic mass is 35.5. The summed E-state index contributed by atoms with van der Waals surface area (Å²) in [5, 5.41) is 2.38. The lowest BCUT2D eigenvalue weighted by Gasteiger charge is -2.12.